The normalized spacial score (nSPS) is 10.5. The minimum Gasteiger partial charge on any atom is -0.452 e. The molecule has 0 spiro atoms. The summed E-state index contributed by atoms with van der Waals surface area (Å²) in [6.45, 7) is -0.548. The summed E-state index contributed by atoms with van der Waals surface area (Å²) >= 11 is 12.9. The van der Waals surface area contributed by atoms with Crippen LogP contribution in [0.4, 0.5) is 15.2 Å². The summed E-state index contributed by atoms with van der Waals surface area (Å²) in [7, 11) is 0. The van der Waals surface area contributed by atoms with E-state index in [-0.39, 0.29) is 27.1 Å². The molecular formula is C18H12Cl2FN3O3S. The summed E-state index contributed by atoms with van der Waals surface area (Å²) in [6.07, 6.45) is 0. The predicted octanol–water partition coefficient (Wildman–Crippen LogP) is 4.63. The van der Waals surface area contributed by atoms with Crippen molar-refractivity contribution in [2.75, 3.05) is 17.7 Å². The molecule has 0 aliphatic rings. The Morgan fingerprint density at radius 1 is 1.21 bits per heavy atom. The van der Waals surface area contributed by atoms with Crippen LogP contribution in [0.15, 0.2) is 41.8 Å². The number of carbonyl (C=O) groups excluding carboxylic acids is 2. The first kappa shape index (κ1) is 20.1. The Morgan fingerprint density at radius 2 is 1.93 bits per heavy atom. The number of thiazole rings is 1. The van der Waals surface area contributed by atoms with Gasteiger partial charge in [0.15, 0.2) is 11.7 Å². The standard InChI is InChI=1S/C18H12Cl2FN3O3S/c19-10-5-12(16(22)13(20)6-10)17(26)27-7-15(25)24-18-23-14(8-28-18)9-1-3-11(21)4-2-9/h1-6,8H,7,22H2,(H,23,24,25). The first-order valence-corrected chi connectivity index (χ1v) is 9.40. The maximum Gasteiger partial charge on any atom is 0.340 e. The van der Waals surface area contributed by atoms with Crippen molar-refractivity contribution in [2.24, 2.45) is 0 Å². The molecule has 0 atom stereocenters. The number of benzene rings is 2. The first-order valence-electron chi connectivity index (χ1n) is 7.76. The summed E-state index contributed by atoms with van der Waals surface area (Å²) in [4.78, 5) is 28.3. The molecule has 0 radical (unpaired) electrons. The van der Waals surface area contributed by atoms with Crippen molar-refractivity contribution in [1.29, 1.82) is 0 Å². The molecule has 0 aliphatic heterocycles. The van der Waals surface area contributed by atoms with Crippen molar-refractivity contribution in [1.82, 2.24) is 4.98 Å². The van der Waals surface area contributed by atoms with Crippen LogP contribution in [0, 0.1) is 5.82 Å². The van der Waals surface area contributed by atoms with Gasteiger partial charge in [-0.15, -0.1) is 11.3 Å². The summed E-state index contributed by atoms with van der Waals surface area (Å²) in [5.41, 5.74) is 7.00. The number of hydrogen-bond donors (Lipinski definition) is 2. The van der Waals surface area contributed by atoms with E-state index in [0.29, 0.717) is 16.4 Å². The van der Waals surface area contributed by atoms with Gasteiger partial charge in [0.1, 0.15) is 5.82 Å². The Bertz CT molecular complexity index is 1040. The second-order valence-electron chi connectivity index (χ2n) is 5.52. The number of esters is 1. The second kappa shape index (κ2) is 8.55. The molecule has 10 heteroatoms. The monoisotopic (exact) mass is 439 g/mol. The molecule has 28 heavy (non-hydrogen) atoms. The molecular weight excluding hydrogens is 428 g/mol. The van der Waals surface area contributed by atoms with E-state index in [1.165, 1.54) is 35.6 Å². The predicted molar refractivity (Wildman–Crippen MR) is 107 cm³/mol. The number of hydrogen-bond acceptors (Lipinski definition) is 6. The number of aromatic nitrogens is 1. The zero-order chi connectivity index (χ0) is 20.3. The highest BCUT2D eigenvalue weighted by molar-refractivity contribution is 7.14. The van der Waals surface area contributed by atoms with Crippen LogP contribution in [-0.4, -0.2) is 23.5 Å². The van der Waals surface area contributed by atoms with Gasteiger partial charge in [0.05, 0.1) is 22.0 Å². The molecule has 1 heterocycles. The van der Waals surface area contributed by atoms with E-state index in [1.54, 1.807) is 17.5 Å². The molecule has 0 aliphatic carbocycles. The fraction of sp³-hybridized carbons (Fsp3) is 0.0556. The molecule has 1 amide bonds. The maximum atomic E-state index is 13.0. The topological polar surface area (TPSA) is 94.3 Å². The highest BCUT2D eigenvalue weighted by Gasteiger charge is 2.17. The van der Waals surface area contributed by atoms with Crippen molar-refractivity contribution in [3.8, 4) is 11.3 Å². The van der Waals surface area contributed by atoms with Crippen molar-refractivity contribution in [3.05, 3.63) is 63.2 Å². The molecule has 0 saturated heterocycles. The highest BCUT2D eigenvalue weighted by Crippen LogP contribution is 2.28. The van der Waals surface area contributed by atoms with Crippen LogP contribution in [0.1, 0.15) is 10.4 Å². The van der Waals surface area contributed by atoms with E-state index >= 15 is 0 Å². The Kier molecular flexibility index (Phi) is 6.13. The molecule has 2 aromatic carbocycles. The van der Waals surface area contributed by atoms with Gasteiger partial charge in [-0.2, -0.15) is 0 Å². The fourth-order valence-corrected chi connectivity index (χ4v) is 3.43. The molecule has 0 bridgehead atoms. The number of amides is 1. The third-order valence-corrected chi connectivity index (χ3v) is 4.83. The number of ether oxygens (including phenoxy) is 1. The number of rotatable bonds is 5. The van der Waals surface area contributed by atoms with E-state index in [0.717, 1.165) is 0 Å². The summed E-state index contributed by atoms with van der Waals surface area (Å²) in [5, 5.41) is 4.87. The molecule has 0 saturated carbocycles. The lowest BCUT2D eigenvalue weighted by molar-refractivity contribution is -0.119. The fourth-order valence-electron chi connectivity index (χ4n) is 2.20. The van der Waals surface area contributed by atoms with E-state index in [2.05, 4.69) is 10.3 Å². The van der Waals surface area contributed by atoms with Gasteiger partial charge in [-0.3, -0.25) is 10.1 Å². The van der Waals surface area contributed by atoms with Gasteiger partial charge >= 0.3 is 5.97 Å². The lowest BCUT2D eigenvalue weighted by atomic mass is 10.2. The molecule has 3 N–H and O–H groups in total. The number of nitrogens with two attached hydrogens (primary N) is 1. The number of nitrogen functional groups attached to an aromatic ring is 1. The molecule has 0 fully saturated rings. The van der Waals surface area contributed by atoms with Gasteiger partial charge in [-0.05, 0) is 36.4 Å². The summed E-state index contributed by atoms with van der Waals surface area (Å²) in [6, 6.07) is 8.50. The Labute approximate surface area is 173 Å². The SMILES string of the molecule is Nc1c(Cl)cc(Cl)cc1C(=O)OCC(=O)Nc1nc(-c2ccc(F)cc2)cs1. The molecule has 3 aromatic rings. The number of nitrogens with zero attached hydrogens (tertiary/aromatic N) is 1. The quantitative estimate of drug-likeness (QED) is 0.446. The number of nitrogens with one attached hydrogen (secondary N) is 1. The average Bonchev–Trinajstić information content (AvgIpc) is 3.11. The van der Waals surface area contributed by atoms with Gasteiger partial charge in [0, 0.05) is 16.0 Å². The van der Waals surface area contributed by atoms with E-state index < -0.39 is 18.5 Å². The third-order valence-electron chi connectivity index (χ3n) is 3.54. The number of carbonyl (C=O) groups is 2. The van der Waals surface area contributed by atoms with Crippen molar-refractivity contribution < 1.29 is 18.7 Å². The molecule has 1 aromatic heterocycles. The lowest BCUT2D eigenvalue weighted by Crippen LogP contribution is -2.21. The van der Waals surface area contributed by atoms with Crippen molar-refractivity contribution in [2.45, 2.75) is 0 Å². The summed E-state index contributed by atoms with van der Waals surface area (Å²) < 4.78 is 17.9. The van der Waals surface area contributed by atoms with Gasteiger partial charge in [-0.1, -0.05) is 23.2 Å². The molecule has 3 rings (SSSR count). The van der Waals surface area contributed by atoms with Gasteiger partial charge in [0.2, 0.25) is 0 Å². The minimum absolute atomic E-state index is 0.0142. The second-order valence-corrected chi connectivity index (χ2v) is 7.22. The minimum atomic E-state index is -0.830. The smallest absolute Gasteiger partial charge is 0.340 e. The van der Waals surface area contributed by atoms with Crippen LogP contribution in [0.25, 0.3) is 11.3 Å². The Hall–Kier alpha value is -2.68. The maximum absolute atomic E-state index is 13.0. The number of halogens is 3. The van der Waals surface area contributed by atoms with Crippen LogP contribution in [-0.2, 0) is 9.53 Å². The third kappa shape index (κ3) is 4.78. The van der Waals surface area contributed by atoms with Crippen LogP contribution in [0.3, 0.4) is 0 Å². The van der Waals surface area contributed by atoms with Gasteiger partial charge in [-0.25, -0.2) is 14.2 Å². The van der Waals surface area contributed by atoms with Crippen molar-refractivity contribution >= 4 is 57.2 Å². The lowest BCUT2D eigenvalue weighted by Gasteiger charge is -2.08. The highest BCUT2D eigenvalue weighted by atomic mass is 35.5. The zero-order valence-electron chi connectivity index (χ0n) is 14.0. The zero-order valence-corrected chi connectivity index (χ0v) is 16.4. The van der Waals surface area contributed by atoms with E-state index in [1.807, 2.05) is 0 Å². The molecule has 6 nitrogen and oxygen atoms in total. The summed E-state index contributed by atoms with van der Waals surface area (Å²) in [5.74, 6) is -1.76. The molecule has 144 valence electrons. The number of anilines is 2. The largest absolute Gasteiger partial charge is 0.452 e. The van der Waals surface area contributed by atoms with Gasteiger partial charge in [0.25, 0.3) is 5.91 Å². The Balaban J connectivity index is 1.59. The first-order chi connectivity index (χ1) is 13.3. The van der Waals surface area contributed by atoms with Crippen LogP contribution >= 0.6 is 34.5 Å². The van der Waals surface area contributed by atoms with Crippen LogP contribution in [0.5, 0.6) is 0 Å². The average molecular weight is 440 g/mol. The van der Waals surface area contributed by atoms with Crippen LogP contribution < -0.4 is 11.1 Å². The molecule has 0 unspecified atom stereocenters. The Morgan fingerprint density at radius 3 is 2.64 bits per heavy atom. The van der Waals surface area contributed by atoms with E-state index in [4.69, 9.17) is 33.7 Å². The van der Waals surface area contributed by atoms with Crippen molar-refractivity contribution in [3.63, 3.8) is 0 Å². The van der Waals surface area contributed by atoms with Gasteiger partial charge < -0.3 is 10.5 Å². The van der Waals surface area contributed by atoms with E-state index in [9.17, 15) is 14.0 Å². The van der Waals surface area contributed by atoms with Crippen LogP contribution in [0.2, 0.25) is 10.0 Å².